The lowest BCUT2D eigenvalue weighted by atomic mass is 10.2. The second-order valence-corrected chi connectivity index (χ2v) is 3.17. The van der Waals surface area contributed by atoms with Gasteiger partial charge in [-0.25, -0.2) is 0 Å². The van der Waals surface area contributed by atoms with Crippen molar-refractivity contribution < 1.29 is 4.74 Å². The Morgan fingerprint density at radius 2 is 1.90 bits per heavy atom. The Kier molecular flexibility index (Phi) is 8.59. The Morgan fingerprint density at radius 3 is 2.10 bits per heavy atom. The Morgan fingerprint density at radius 1 is 1.30 bits per heavy atom. The summed E-state index contributed by atoms with van der Waals surface area (Å²) >= 11 is 15.1. The molecule has 1 rings (SSSR count). The molecule has 1 unspecified atom stereocenters. The van der Waals surface area contributed by atoms with Gasteiger partial charge in [0.1, 0.15) is 5.56 Å². The highest BCUT2D eigenvalue weighted by molar-refractivity contribution is 6.40. The van der Waals surface area contributed by atoms with Crippen LogP contribution in [0.3, 0.4) is 0 Å². The number of hydrogen-bond acceptors (Lipinski definition) is 1. The highest BCUT2D eigenvalue weighted by Gasteiger charge is 2.08. The zero-order valence-electron chi connectivity index (χ0n) is 5.66. The predicted molar refractivity (Wildman–Crippen MR) is 46.0 cm³/mol. The van der Waals surface area contributed by atoms with Crippen molar-refractivity contribution in [3.8, 4) is 0 Å². The second kappa shape index (κ2) is 7.93. The minimum absolute atomic E-state index is 0.00810. The maximum atomic E-state index is 5.59. The smallest absolute Gasteiger partial charge is 0.131 e. The van der Waals surface area contributed by atoms with E-state index in [-0.39, 0.29) is 10.9 Å². The van der Waals surface area contributed by atoms with Gasteiger partial charge in [0.15, 0.2) is 0 Å². The summed E-state index contributed by atoms with van der Waals surface area (Å²) in [5.74, 6) is 0. The van der Waals surface area contributed by atoms with Crippen LogP contribution in [0.2, 0.25) is 0 Å². The SMILES string of the molecule is ClC1CCCCO1.ClCCl. The third-order valence-electron chi connectivity index (χ3n) is 1.12. The monoisotopic (exact) mass is 204 g/mol. The fourth-order valence-electron chi connectivity index (χ4n) is 0.701. The molecule has 0 aromatic rings. The van der Waals surface area contributed by atoms with Crippen LogP contribution in [0.4, 0.5) is 0 Å². The van der Waals surface area contributed by atoms with Crippen molar-refractivity contribution in [2.75, 3.05) is 11.9 Å². The largest absolute Gasteiger partial charge is 0.362 e. The van der Waals surface area contributed by atoms with Gasteiger partial charge in [0.05, 0.1) is 5.34 Å². The second-order valence-electron chi connectivity index (χ2n) is 1.88. The van der Waals surface area contributed by atoms with E-state index in [2.05, 4.69) is 0 Å². The molecule has 4 heteroatoms. The van der Waals surface area contributed by atoms with Gasteiger partial charge >= 0.3 is 0 Å². The molecule has 10 heavy (non-hydrogen) atoms. The maximum Gasteiger partial charge on any atom is 0.131 e. The maximum absolute atomic E-state index is 5.59. The van der Waals surface area contributed by atoms with E-state index in [4.69, 9.17) is 39.5 Å². The van der Waals surface area contributed by atoms with E-state index < -0.39 is 0 Å². The lowest BCUT2D eigenvalue weighted by Gasteiger charge is -2.15. The van der Waals surface area contributed by atoms with Crippen LogP contribution in [0.5, 0.6) is 0 Å². The van der Waals surface area contributed by atoms with Crippen molar-refractivity contribution in [1.29, 1.82) is 0 Å². The van der Waals surface area contributed by atoms with E-state index in [1.807, 2.05) is 0 Å². The first-order valence-electron chi connectivity index (χ1n) is 3.19. The zero-order chi connectivity index (χ0) is 7.82. The number of hydrogen-bond donors (Lipinski definition) is 0. The lowest BCUT2D eigenvalue weighted by Crippen LogP contribution is -2.11. The molecule has 1 nitrogen and oxygen atoms in total. The summed E-state index contributed by atoms with van der Waals surface area (Å²) in [4.78, 5) is 0. The Labute approximate surface area is 76.6 Å². The van der Waals surface area contributed by atoms with Gasteiger partial charge in [-0.2, -0.15) is 0 Å². The molecule has 1 saturated heterocycles. The normalized spacial score (nSPS) is 24.9. The zero-order valence-corrected chi connectivity index (χ0v) is 7.92. The van der Waals surface area contributed by atoms with E-state index >= 15 is 0 Å². The fourth-order valence-corrected chi connectivity index (χ4v) is 0.945. The first kappa shape index (κ1) is 10.8. The fraction of sp³-hybridized carbons (Fsp3) is 1.00. The van der Waals surface area contributed by atoms with E-state index in [1.165, 1.54) is 12.8 Å². The van der Waals surface area contributed by atoms with Crippen LogP contribution in [0.1, 0.15) is 19.3 Å². The Balaban J connectivity index is 0.000000236. The molecule has 1 aliphatic rings. The highest BCUT2D eigenvalue weighted by Crippen LogP contribution is 2.14. The predicted octanol–water partition coefficient (Wildman–Crippen LogP) is 3.17. The van der Waals surface area contributed by atoms with E-state index in [9.17, 15) is 0 Å². The average Bonchev–Trinajstić information content (AvgIpc) is 1.91. The lowest BCUT2D eigenvalue weighted by molar-refractivity contribution is 0.0680. The molecule has 0 spiro atoms. The van der Waals surface area contributed by atoms with Crippen LogP contribution in [-0.4, -0.2) is 17.5 Å². The van der Waals surface area contributed by atoms with Gasteiger partial charge in [0.2, 0.25) is 0 Å². The van der Waals surface area contributed by atoms with Crippen LogP contribution in [0, 0.1) is 0 Å². The first-order chi connectivity index (χ1) is 4.81. The van der Waals surface area contributed by atoms with E-state index in [0.717, 1.165) is 13.0 Å². The number of ether oxygens (including phenoxy) is 1. The highest BCUT2D eigenvalue weighted by atomic mass is 35.5. The molecule has 0 N–H and O–H groups in total. The van der Waals surface area contributed by atoms with Crippen molar-refractivity contribution in [2.45, 2.75) is 24.8 Å². The molecule has 1 fully saturated rings. The van der Waals surface area contributed by atoms with Gasteiger partial charge in [-0.05, 0) is 19.3 Å². The summed E-state index contributed by atoms with van der Waals surface area (Å²) in [5.41, 5.74) is 0.00810. The molecule has 0 amide bonds. The van der Waals surface area contributed by atoms with Gasteiger partial charge in [0.25, 0.3) is 0 Å². The van der Waals surface area contributed by atoms with E-state index in [0.29, 0.717) is 0 Å². The van der Waals surface area contributed by atoms with Crippen LogP contribution >= 0.6 is 34.8 Å². The van der Waals surface area contributed by atoms with Crippen molar-refractivity contribution in [3.05, 3.63) is 0 Å². The van der Waals surface area contributed by atoms with Crippen LogP contribution < -0.4 is 0 Å². The van der Waals surface area contributed by atoms with Crippen molar-refractivity contribution in [1.82, 2.24) is 0 Å². The summed E-state index contributed by atoms with van der Waals surface area (Å²) in [6.45, 7) is 0.855. The Hall–Kier alpha value is 0.830. The topological polar surface area (TPSA) is 9.23 Å². The van der Waals surface area contributed by atoms with Gasteiger partial charge in [-0.1, -0.05) is 11.6 Å². The molecule has 1 aliphatic heterocycles. The molecule has 0 aromatic heterocycles. The third-order valence-corrected chi connectivity index (χ3v) is 1.47. The van der Waals surface area contributed by atoms with Crippen molar-refractivity contribution in [3.63, 3.8) is 0 Å². The van der Waals surface area contributed by atoms with Crippen LogP contribution in [-0.2, 0) is 4.74 Å². The summed E-state index contributed by atoms with van der Waals surface area (Å²) in [7, 11) is 0. The molecule has 0 saturated carbocycles. The summed E-state index contributed by atoms with van der Waals surface area (Å²) < 4.78 is 5.04. The molecule has 0 bridgehead atoms. The Bertz CT molecular complexity index is 64.0. The quantitative estimate of drug-likeness (QED) is 0.552. The summed E-state index contributed by atoms with van der Waals surface area (Å²) in [6, 6.07) is 0. The van der Waals surface area contributed by atoms with Crippen LogP contribution in [0.15, 0.2) is 0 Å². The molecular weight excluding hydrogens is 194 g/mol. The standard InChI is InChI=1S/C5H9ClO.CH2Cl2/c6-5-3-1-2-4-7-5;2-1-3/h5H,1-4H2;1H2. The van der Waals surface area contributed by atoms with Crippen molar-refractivity contribution in [2.24, 2.45) is 0 Å². The number of halogens is 3. The summed E-state index contributed by atoms with van der Waals surface area (Å²) in [6.07, 6.45) is 3.44. The van der Waals surface area contributed by atoms with Gasteiger partial charge < -0.3 is 4.74 Å². The average molecular weight is 206 g/mol. The van der Waals surface area contributed by atoms with Crippen LogP contribution in [0.25, 0.3) is 0 Å². The van der Waals surface area contributed by atoms with Gasteiger partial charge in [-0.15, -0.1) is 23.2 Å². The minimum atomic E-state index is 0.00810. The van der Waals surface area contributed by atoms with Gasteiger partial charge in [0, 0.05) is 6.61 Å². The van der Waals surface area contributed by atoms with Gasteiger partial charge in [-0.3, -0.25) is 0 Å². The molecule has 0 aromatic carbocycles. The molecule has 62 valence electrons. The van der Waals surface area contributed by atoms with E-state index in [1.54, 1.807) is 0 Å². The molecule has 0 radical (unpaired) electrons. The first-order valence-corrected chi connectivity index (χ1v) is 4.69. The number of alkyl halides is 3. The third kappa shape index (κ3) is 6.94. The molecule has 0 aliphatic carbocycles. The molecular formula is C6H11Cl3O. The minimum Gasteiger partial charge on any atom is -0.362 e. The number of rotatable bonds is 0. The molecule has 1 atom stereocenters. The van der Waals surface area contributed by atoms with Crippen molar-refractivity contribution >= 4 is 34.8 Å². The molecule has 1 heterocycles. The summed E-state index contributed by atoms with van der Waals surface area (Å²) in [5, 5.41) is 0.194.